The van der Waals surface area contributed by atoms with Crippen molar-refractivity contribution in [1.82, 2.24) is 10.6 Å². The number of carboxylic acids is 1. The third kappa shape index (κ3) is 5.43. The minimum absolute atomic E-state index is 0.0297. The van der Waals surface area contributed by atoms with Gasteiger partial charge in [-0.05, 0) is 88.0 Å². The molecule has 0 unspecified atom stereocenters. The van der Waals surface area contributed by atoms with Crippen LogP contribution in [0.4, 0.5) is 0 Å². The van der Waals surface area contributed by atoms with E-state index in [9.17, 15) is 24.8 Å². The maximum atomic E-state index is 13.6. The smallest absolute Gasteiger partial charge is 0.309 e. The van der Waals surface area contributed by atoms with E-state index in [0.717, 1.165) is 32.1 Å². The van der Waals surface area contributed by atoms with Crippen molar-refractivity contribution < 1.29 is 29.0 Å². The topological polar surface area (TPSA) is 138 Å². The van der Waals surface area contributed by atoms with Gasteiger partial charge in [0.25, 0.3) is 5.91 Å². The summed E-state index contributed by atoms with van der Waals surface area (Å²) in [6.07, 6.45) is 7.00. The van der Waals surface area contributed by atoms with Crippen molar-refractivity contribution in [2.75, 3.05) is 13.7 Å². The molecule has 0 spiro atoms. The summed E-state index contributed by atoms with van der Waals surface area (Å²) in [6.45, 7) is 4.61. The number of aliphatic carboxylic acids is 1. The van der Waals surface area contributed by atoms with Crippen LogP contribution in [0.15, 0.2) is 12.1 Å². The number of ether oxygens (including phenoxy) is 2. The first-order valence-electron chi connectivity index (χ1n) is 14.2. The Morgan fingerprint density at radius 3 is 2.36 bits per heavy atom. The van der Waals surface area contributed by atoms with Gasteiger partial charge in [-0.2, -0.15) is 5.26 Å². The number of fused-ring (bicyclic) bond motifs is 2. The second-order valence-corrected chi connectivity index (χ2v) is 12.7. The minimum Gasteiger partial charge on any atom is -0.496 e. The molecule has 1 aromatic carbocycles. The van der Waals surface area contributed by atoms with Crippen LogP contribution in [0.25, 0.3) is 0 Å². The Labute approximate surface area is 229 Å². The molecule has 4 atom stereocenters. The molecule has 0 aliphatic heterocycles. The molecule has 210 valence electrons. The van der Waals surface area contributed by atoms with Gasteiger partial charge in [0, 0.05) is 18.7 Å². The number of carboxylic acid groups (broad SMARTS) is 1. The third-order valence-electron chi connectivity index (χ3n) is 9.82. The predicted molar refractivity (Wildman–Crippen MR) is 142 cm³/mol. The Hall–Kier alpha value is -3.28. The molecule has 4 aliphatic rings. The normalized spacial score (nSPS) is 32.1. The molecule has 2 bridgehead atoms. The average Bonchev–Trinajstić information content (AvgIpc) is 3.32. The van der Waals surface area contributed by atoms with E-state index in [1.165, 1.54) is 13.2 Å². The molecular formula is C30H39N3O6. The van der Waals surface area contributed by atoms with E-state index >= 15 is 0 Å². The van der Waals surface area contributed by atoms with E-state index in [4.69, 9.17) is 9.47 Å². The molecule has 1 aromatic rings. The summed E-state index contributed by atoms with van der Waals surface area (Å²) in [5.41, 5.74) is -0.0585. The number of hydrogen-bond acceptors (Lipinski definition) is 6. The number of nitrogens with one attached hydrogen (secondary N) is 2. The van der Waals surface area contributed by atoms with Crippen LogP contribution < -0.4 is 20.1 Å². The van der Waals surface area contributed by atoms with Crippen LogP contribution >= 0.6 is 0 Å². The molecule has 9 heteroatoms. The molecule has 0 heterocycles. The lowest BCUT2D eigenvalue weighted by Gasteiger charge is -2.34. The molecule has 39 heavy (non-hydrogen) atoms. The number of nitrogens with zero attached hydrogens (tertiary/aromatic N) is 1. The Kier molecular flexibility index (Phi) is 7.25. The summed E-state index contributed by atoms with van der Waals surface area (Å²) in [6, 6.07) is 4.93. The Morgan fingerprint density at radius 2 is 1.74 bits per heavy atom. The second-order valence-electron chi connectivity index (χ2n) is 12.7. The van der Waals surface area contributed by atoms with Crippen molar-refractivity contribution in [3.05, 3.63) is 23.3 Å². The van der Waals surface area contributed by atoms with E-state index in [0.29, 0.717) is 32.2 Å². The first kappa shape index (κ1) is 27.3. The zero-order valence-corrected chi connectivity index (χ0v) is 23.0. The summed E-state index contributed by atoms with van der Waals surface area (Å²) in [5.74, 6) is -0.294. The van der Waals surface area contributed by atoms with Crippen LogP contribution in [-0.2, 0) is 9.59 Å². The highest BCUT2D eigenvalue weighted by molar-refractivity contribution is 5.98. The zero-order valence-electron chi connectivity index (χ0n) is 23.0. The molecule has 9 nitrogen and oxygen atoms in total. The maximum absolute atomic E-state index is 13.6. The molecule has 0 aromatic heterocycles. The summed E-state index contributed by atoms with van der Waals surface area (Å²) in [7, 11) is 1.45. The summed E-state index contributed by atoms with van der Waals surface area (Å²) in [5, 5.41) is 25.6. The number of carbonyl (C=O) groups is 3. The fraction of sp³-hybridized carbons (Fsp3) is 0.667. The molecule has 0 saturated heterocycles. The monoisotopic (exact) mass is 537 g/mol. The molecule has 4 aliphatic carbocycles. The molecule has 3 N–H and O–H groups in total. The SMILES string of the molecule is COc1cc(C#N)c(OC2CCC(C)(C(=O)O)CC2)cc1C(=O)N[C@@H]1[C@H]2CC[C@H](C2)[C@@H]1C(=O)NCC1(C)CC1. The molecule has 0 radical (unpaired) electrons. The van der Waals surface area contributed by atoms with Crippen molar-refractivity contribution in [2.45, 2.75) is 83.8 Å². The second kappa shape index (κ2) is 10.4. The van der Waals surface area contributed by atoms with Crippen molar-refractivity contribution >= 4 is 17.8 Å². The van der Waals surface area contributed by atoms with Crippen LogP contribution in [0.3, 0.4) is 0 Å². The van der Waals surface area contributed by atoms with E-state index in [-0.39, 0.29) is 69.8 Å². The number of benzene rings is 1. The largest absolute Gasteiger partial charge is 0.496 e. The van der Waals surface area contributed by atoms with E-state index in [1.54, 1.807) is 13.0 Å². The molecule has 4 fully saturated rings. The van der Waals surface area contributed by atoms with Crippen molar-refractivity contribution in [1.29, 1.82) is 5.26 Å². The van der Waals surface area contributed by atoms with Crippen LogP contribution in [0.2, 0.25) is 0 Å². The van der Waals surface area contributed by atoms with Gasteiger partial charge in [-0.1, -0.05) is 6.92 Å². The quantitative estimate of drug-likeness (QED) is 0.432. The van der Waals surface area contributed by atoms with Gasteiger partial charge in [0.2, 0.25) is 5.91 Å². The van der Waals surface area contributed by atoms with Crippen LogP contribution in [0.1, 0.15) is 87.6 Å². The van der Waals surface area contributed by atoms with E-state index in [2.05, 4.69) is 23.6 Å². The lowest BCUT2D eigenvalue weighted by molar-refractivity contribution is -0.150. The van der Waals surface area contributed by atoms with Gasteiger partial charge in [0.15, 0.2) is 0 Å². The summed E-state index contributed by atoms with van der Waals surface area (Å²) in [4.78, 5) is 38.5. The third-order valence-corrected chi connectivity index (χ3v) is 9.82. The number of methoxy groups -OCH3 is 1. The summed E-state index contributed by atoms with van der Waals surface area (Å²) < 4.78 is 11.7. The lowest BCUT2D eigenvalue weighted by Crippen LogP contribution is -2.50. The van der Waals surface area contributed by atoms with Crippen molar-refractivity contribution in [3.63, 3.8) is 0 Å². The van der Waals surface area contributed by atoms with Crippen LogP contribution in [0, 0.1) is 39.9 Å². The first-order chi connectivity index (χ1) is 18.6. The highest BCUT2D eigenvalue weighted by atomic mass is 16.5. The van der Waals surface area contributed by atoms with Gasteiger partial charge >= 0.3 is 5.97 Å². The molecule has 2 amide bonds. The van der Waals surface area contributed by atoms with Crippen molar-refractivity contribution in [3.8, 4) is 17.6 Å². The highest BCUT2D eigenvalue weighted by Gasteiger charge is 2.52. The molecule has 4 saturated carbocycles. The van der Waals surface area contributed by atoms with Crippen LogP contribution in [-0.4, -0.2) is 48.7 Å². The van der Waals surface area contributed by atoms with Gasteiger partial charge in [-0.25, -0.2) is 0 Å². The maximum Gasteiger partial charge on any atom is 0.309 e. The number of carbonyl (C=O) groups excluding carboxylic acids is 2. The summed E-state index contributed by atoms with van der Waals surface area (Å²) >= 11 is 0. The number of nitriles is 1. The number of amides is 2. The van der Waals surface area contributed by atoms with Gasteiger partial charge in [-0.15, -0.1) is 0 Å². The standard InChI is InChI=1S/C30H39N3O6/c1-29(10-11-29)16-32-27(35)24-17-4-5-18(12-17)25(24)33-26(34)21-14-22(19(15-31)13-23(21)38-3)39-20-6-8-30(2,9-7-20)28(36)37/h13-14,17-18,20,24-25H,4-12,16H2,1-3H3,(H,32,35)(H,33,34)(H,36,37)/t17-,18+,20?,24+,25-,30?/m1/s1. The number of hydrogen-bond donors (Lipinski definition) is 3. The highest BCUT2D eigenvalue weighted by Crippen LogP contribution is 2.49. The van der Waals surface area contributed by atoms with Gasteiger partial charge in [0.05, 0.1) is 35.7 Å². The van der Waals surface area contributed by atoms with Crippen LogP contribution in [0.5, 0.6) is 11.5 Å². The Bertz CT molecular complexity index is 1190. The van der Waals surface area contributed by atoms with Gasteiger partial charge in [0.1, 0.15) is 17.6 Å². The molecule has 5 rings (SSSR count). The predicted octanol–water partition coefficient (Wildman–Crippen LogP) is 4.04. The lowest BCUT2D eigenvalue weighted by atomic mass is 9.75. The van der Waals surface area contributed by atoms with E-state index < -0.39 is 11.4 Å². The molecular weight excluding hydrogens is 498 g/mol. The van der Waals surface area contributed by atoms with Gasteiger partial charge < -0.3 is 25.2 Å². The Morgan fingerprint density at radius 1 is 1.05 bits per heavy atom. The van der Waals surface area contributed by atoms with E-state index in [1.807, 2.05) is 0 Å². The first-order valence-corrected chi connectivity index (χ1v) is 14.2. The Balaban J connectivity index is 1.32. The van der Waals surface area contributed by atoms with Gasteiger partial charge in [-0.3, -0.25) is 14.4 Å². The average molecular weight is 538 g/mol. The van der Waals surface area contributed by atoms with Crippen molar-refractivity contribution in [2.24, 2.45) is 28.6 Å². The fourth-order valence-corrected chi connectivity index (χ4v) is 6.74. The minimum atomic E-state index is -0.809. The fourth-order valence-electron chi connectivity index (χ4n) is 6.74. The zero-order chi connectivity index (χ0) is 27.9. The number of rotatable bonds is 9.